The van der Waals surface area contributed by atoms with Gasteiger partial charge < -0.3 is 15.2 Å². The van der Waals surface area contributed by atoms with Crippen LogP contribution in [0.25, 0.3) is 10.9 Å². The third kappa shape index (κ3) is 2.20. The summed E-state index contributed by atoms with van der Waals surface area (Å²) < 4.78 is 0. The van der Waals surface area contributed by atoms with Crippen molar-refractivity contribution in [3.05, 3.63) is 48.7 Å². The van der Waals surface area contributed by atoms with Gasteiger partial charge in [0.2, 0.25) is 5.91 Å². The average molecular weight is 307 g/mol. The van der Waals surface area contributed by atoms with E-state index in [1.807, 2.05) is 36.4 Å². The predicted octanol–water partition coefficient (Wildman–Crippen LogP) is 1.36. The SMILES string of the molecule is O=C(Nc1cccc2cccnc12)[C@@H]1[C@H](C(=O)[O-])[C@H]2C=C[C@@H]1C2. The first-order valence-electron chi connectivity index (χ1n) is 7.69. The number of carboxylic acids is 1. The van der Waals surface area contributed by atoms with E-state index in [1.165, 1.54) is 0 Å². The molecule has 0 unspecified atom stereocenters. The monoisotopic (exact) mass is 307 g/mol. The predicted molar refractivity (Wildman–Crippen MR) is 83.1 cm³/mol. The molecule has 0 saturated heterocycles. The van der Waals surface area contributed by atoms with Crippen LogP contribution in [-0.4, -0.2) is 16.9 Å². The molecule has 2 aliphatic carbocycles. The Kier molecular flexibility index (Phi) is 3.15. The molecular formula is C18H15N2O3-. The maximum atomic E-state index is 12.7. The van der Waals surface area contributed by atoms with Crippen LogP contribution < -0.4 is 10.4 Å². The zero-order valence-electron chi connectivity index (χ0n) is 12.3. The molecule has 1 aromatic heterocycles. The lowest BCUT2D eigenvalue weighted by Gasteiger charge is -2.27. The number of hydrogen-bond donors (Lipinski definition) is 1. The third-order valence-electron chi connectivity index (χ3n) is 4.92. The molecule has 2 bridgehead atoms. The van der Waals surface area contributed by atoms with Crippen LogP contribution in [0.15, 0.2) is 48.7 Å². The molecule has 23 heavy (non-hydrogen) atoms. The van der Waals surface area contributed by atoms with Crippen LogP contribution >= 0.6 is 0 Å². The normalized spacial score (nSPS) is 28.2. The highest BCUT2D eigenvalue weighted by molar-refractivity contribution is 6.02. The van der Waals surface area contributed by atoms with Crippen molar-refractivity contribution in [1.29, 1.82) is 0 Å². The first-order valence-corrected chi connectivity index (χ1v) is 7.69. The van der Waals surface area contributed by atoms with Gasteiger partial charge in [0.15, 0.2) is 0 Å². The number of carboxylic acid groups (broad SMARTS) is 1. The summed E-state index contributed by atoms with van der Waals surface area (Å²) in [6.07, 6.45) is 6.23. The number of para-hydroxylation sites is 1. The van der Waals surface area contributed by atoms with Crippen LogP contribution in [0.5, 0.6) is 0 Å². The zero-order chi connectivity index (χ0) is 16.0. The van der Waals surface area contributed by atoms with Crippen molar-refractivity contribution in [1.82, 2.24) is 4.98 Å². The van der Waals surface area contributed by atoms with Gasteiger partial charge in [-0.1, -0.05) is 30.4 Å². The van der Waals surface area contributed by atoms with Gasteiger partial charge in [0.05, 0.1) is 17.1 Å². The van der Waals surface area contributed by atoms with Crippen molar-refractivity contribution in [3.8, 4) is 0 Å². The smallest absolute Gasteiger partial charge is 0.228 e. The molecule has 1 aromatic carbocycles. The third-order valence-corrected chi connectivity index (χ3v) is 4.92. The van der Waals surface area contributed by atoms with Crippen molar-refractivity contribution in [2.75, 3.05) is 5.32 Å². The molecule has 0 spiro atoms. The van der Waals surface area contributed by atoms with Gasteiger partial charge in [-0.25, -0.2) is 0 Å². The summed E-state index contributed by atoms with van der Waals surface area (Å²) in [5.74, 6) is -2.84. The lowest BCUT2D eigenvalue weighted by molar-refractivity contribution is -0.313. The summed E-state index contributed by atoms with van der Waals surface area (Å²) in [5.41, 5.74) is 1.31. The standard InChI is InChI=1S/C18H16N2O3/c21-17(14-11-6-7-12(9-11)15(14)18(22)23)20-13-5-1-3-10-4-2-8-19-16(10)13/h1-8,11-12,14-15H,9H2,(H,20,21)(H,22,23)/p-1/t11-,12+,14+,15-/m1/s1. The van der Waals surface area contributed by atoms with E-state index in [1.54, 1.807) is 12.3 Å². The molecule has 5 heteroatoms. The van der Waals surface area contributed by atoms with Crippen LogP contribution in [-0.2, 0) is 9.59 Å². The van der Waals surface area contributed by atoms with E-state index in [4.69, 9.17) is 0 Å². The van der Waals surface area contributed by atoms with E-state index in [0.29, 0.717) is 17.6 Å². The van der Waals surface area contributed by atoms with Gasteiger partial charge in [0.1, 0.15) is 0 Å². The van der Waals surface area contributed by atoms with Crippen LogP contribution in [0.4, 0.5) is 5.69 Å². The van der Waals surface area contributed by atoms with Crippen LogP contribution in [0.3, 0.4) is 0 Å². The first kappa shape index (κ1) is 13.9. The van der Waals surface area contributed by atoms with E-state index in [0.717, 1.165) is 5.39 Å². The maximum Gasteiger partial charge on any atom is 0.228 e. The Hall–Kier alpha value is -2.69. The lowest BCUT2D eigenvalue weighted by Crippen LogP contribution is -2.42. The van der Waals surface area contributed by atoms with E-state index in [9.17, 15) is 14.7 Å². The minimum absolute atomic E-state index is 0.0224. The number of anilines is 1. The van der Waals surface area contributed by atoms with Gasteiger partial charge in [-0.3, -0.25) is 9.78 Å². The molecule has 0 radical (unpaired) electrons. The fraction of sp³-hybridized carbons (Fsp3) is 0.278. The molecule has 4 rings (SSSR count). The second-order valence-electron chi connectivity index (χ2n) is 6.19. The van der Waals surface area contributed by atoms with Gasteiger partial charge in [-0.05, 0) is 30.4 Å². The van der Waals surface area contributed by atoms with E-state index in [2.05, 4.69) is 10.3 Å². The van der Waals surface area contributed by atoms with Crippen LogP contribution in [0, 0.1) is 23.7 Å². The summed E-state index contributed by atoms with van der Waals surface area (Å²) in [6.45, 7) is 0. The summed E-state index contributed by atoms with van der Waals surface area (Å²) in [6, 6.07) is 9.30. The summed E-state index contributed by atoms with van der Waals surface area (Å²) in [7, 11) is 0. The number of amides is 1. The van der Waals surface area contributed by atoms with Crippen molar-refractivity contribution in [2.24, 2.45) is 23.7 Å². The highest BCUT2D eigenvalue weighted by atomic mass is 16.4. The molecule has 2 aromatic rings. The number of aromatic nitrogens is 1. The van der Waals surface area contributed by atoms with Crippen molar-refractivity contribution >= 4 is 28.5 Å². The Morgan fingerprint density at radius 1 is 1.09 bits per heavy atom. The van der Waals surface area contributed by atoms with Crippen LogP contribution in [0.2, 0.25) is 0 Å². The number of pyridine rings is 1. The number of carbonyl (C=O) groups is 2. The van der Waals surface area contributed by atoms with Crippen LogP contribution in [0.1, 0.15) is 6.42 Å². The van der Waals surface area contributed by atoms with E-state index in [-0.39, 0.29) is 17.7 Å². The number of benzene rings is 1. The Labute approximate surface area is 133 Å². The van der Waals surface area contributed by atoms with E-state index >= 15 is 0 Å². The van der Waals surface area contributed by atoms with Crippen molar-refractivity contribution in [3.63, 3.8) is 0 Å². The fourth-order valence-corrected chi connectivity index (χ4v) is 3.92. The van der Waals surface area contributed by atoms with Gasteiger partial charge >= 0.3 is 0 Å². The Bertz CT molecular complexity index is 825. The highest BCUT2D eigenvalue weighted by Crippen LogP contribution is 2.48. The quantitative estimate of drug-likeness (QED) is 0.868. The second-order valence-corrected chi connectivity index (χ2v) is 6.19. The number of hydrogen-bond acceptors (Lipinski definition) is 4. The number of fused-ring (bicyclic) bond motifs is 3. The first-order chi connectivity index (χ1) is 11.1. The number of nitrogens with zero attached hydrogens (tertiary/aromatic N) is 1. The van der Waals surface area contributed by atoms with Gasteiger partial charge in [0.25, 0.3) is 0 Å². The number of aliphatic carboxylic acids is 1. The van der Waals surface area contributed by atoms with Crippen molar-refractivity contribution < 1.29 is 14.7 Å². The number of carbonyl (C=O) groups excluding carboxylic acids is 2. The summed E-state index contributed by atoms with van der Waals surface area (Å²) >= 11 is 0. The van der Waals surface area contributed by atoms with Gasteiger partial charge in [0, 0.05) is 23.5 Å². The average Bonchev–Trinajstić information content (AvgIpc) is 3.16. The molecular weight excluding hydrogens is 292 g/mol. The molecule has 1 fully saturated rings. The minimum Gasteiger partial charge on any atom is -0.550 e. The zero-order valence-corrected chi connectivity index (χ0v) is 12.3. The van der Waals surface area contributed by atoms with Gasteiger partial charge in [-0.2, -0.15) is 0 Å². The van der Waals surface area contributed by atoms with E-state index < -0.39 is 17.8 Å². The topological polar surface area (TPSA) is 82.1 Å². The minimum atomic E-state index is -1.14. The largest absolute Gasteiger partial charge is 0.550 e. The Morgan fingerprint density at radius 2 is 1.83 bits per heavy atom. The van der Waals surface area contributed by atoms with Gasteiger partial charge in [-0.15, -0.1) is 0 Å². The molecule has 116 valence electrons. The van der Waals surface area contributed by atoms with Crippen molar-refractivity contribution in [2.45, 2.75) is 6.42 Å². The highest BCUT2D eigenvalue weighted by Gasteiger charge is 2.48. The molecule has 5 nitrogen and oxygen atoms in total. The number of nitrogens with one attached hydrogen (secondary N) is 1. The lowest BCUT2D eigenvalue weighted by atomic mass is 9.82. The number of allylic oxidation sites excluding steroid dienone is 2. The molecule has 1 saturated carbocycles. The number of rotatable bonds is 3. The molecule has 1 heterocycles. The second kappa shape index (κ2) is 5.19. The summed E-state index contributed by atoms with van der Waals surface area (Å²) in [5, 5.41) is 15.2. The Balaban J connectivity index is 1.65. The molecule has 1 N–H and O–H groups in total. The fourth-order valence-electron chi connectivity index (χ4n) is 3.92. The molecule has 0 aliphatic heterocycles. The summed E-state index contributed by atoms with van der Waals surface area (Å²) in [4.78, 5) is 28.4. The maximum absolute atomic E-state index is 12.7. The molecule has 1 amide bonds. The molecule has 2 aliphatic rings. The molecule has 4 atom stereocenters. The Morgan fingerprint density at radius 3 is 2.61 bits per heavy atom.